The third-order valence-electron chi connectivity index (χ3n) is 2.97. The van der Waals surface area contributed by atoms with Gasteiger partial charge in [-0.15, -0.1) is 0 Å². The fourth-order valence-electron chi connectivity index (χ4n) is 2.19. The Labute approximate surface area is 86.4 Å². The predicted octanol–water partition coefficient (Wildman–Crippen LogP) is 1.81. The van der Waals surface area contributed by atoms with E-state index < -0.39 is 0 Å². The van der Waals surface area contributed by atoms with Gasteiger partial charge in [0.15, 0.2) is 0 Å². The summed E-state index contributed by atoms with van der Waals surface area (Å²) in [5.74, 6) is 0.156. The third-order valence-corrected chi connectivity index (χ3v) is 2.97. The molecule has 0 spiro atoms. The van der Waals surface area contributed by atoms with Crippen LogP contribution >= 0.6 is 0 Å². The lowest BCUT2D eigenvalue weighted by atomic mass is 10.1. The van der Waals surface area contributed by atoms with Crippen LogP contribution in [0.4, 0.5) is 0 Å². The zero-order valence-electron chi connectivity index (χ0n) is 9.45. The van der Waals surface area contributed by atoms with Crippen molar-refractivity contribution >= 4 is 5.91 Å². The maximum atomic E-state index is 11.8. The van der Waals surface area contributed by atoms with Crippen molar-refractivity contribution in [2.75, 3.05) is 13.2 Å². The minimum atomic E-state index is 0.156. The second-order valence-corrected chi connectivity index (χ2v) is 3.93. The van der Waals surface area contributed by atoms with Crippen molar-refractivity contribution in [1.29, 1.82) is 0 Å². The van der Waals surface area contributed by atoms with Crippen molar-refractivity contribution in [3.8, 4) is 0 Å². The van der Waals surface area contributed by atoms with Crippen LogP contribution in [0.5, 0.6) is 0 Å². The van der Waals surface area contributed by atoms with Crippen LogP contribution in [-0.4, -0.2) is 36.1 Å². The van der Waals surface area contributed by atoms with Gasteiger partial charge in [-0.3, -0.25) is 4.79 Å². The first kappa shape index (κ1) is 11.5. The van der Waals surface area contributed by atoms with E-state index in [-0.39, 0.29) is 12.5 Å². The van der Waals surface area contributed by atoms with Crippen LogP contribution < -0.4 is 0 Å². The molecule has 1 rings (SSSR count). The number of carbonyl (C=O) groups excluding carboxylic acids is 1. The fourth-order valence-corrected chi connectivity index (χ4v) is 2.19. The van der Waals surface area contributed by atoms with Crippen molar-refractivity contribution in [1.82, 2.24) is 4.90 Å². The Hall–Kier alpha value is -0.570. The zero-order chi connectivity index (χ0) is 10.6. The van der Waals surface area contributed by atoms with Crippen LogP contribution in [0.3, 0.4) is 0 Å². The molecule has 1 aliphatic rings. The Balaban J connectivity index is 2.50. The molecule has 3 heteroatoms. The smallest absolute Gasteiger partial charge is 0.249 e. The highest BCUT2D eigenvalue weighted by Gasteiger charge is 2.32. The lowest BCUT2D eigenvalue weighted by molar-refractivity contribution is -0.138. The summed E-state index contributed by atoms with van der Waals surface area (Å²) >= 11 is 0. The van der Waals surface area contributed by atoms with Gasteiger partial charge in [-0.25, -0.2) is 0 Å². The summed E-state index contributed by atoms with van der Waals surface area (Å²) in [5, 5.41) is 0. The van der Waals surface area contributed by atoms with Crippen molar-refractivity contribution in [2.45, 2.75) is 52.1 Å². The van der Waals surface area contributed by atoms with E-state index in [1.807, 2.05) is 11.8 Å². The summed E-state index contributed by atoms with van der Waals surface area (Å²) in [6.45, 7) is 7.04. The minimum absolute atomic E-state index is 0.156. The molecule has 3 nitrogen and oxygen atoms in total. The monoisotopic (exact) mass is 199 g/mol. The Bertz CT molecular complexity index is 194. The van der Waals surface area contributed by atoms with E-state index in [2.05, 4.69) is 13.8 Å². The SMILES string of the molecule is CCOCC(=O)N1C(C)CCC1CC. The molecule has 0 radical (unpaired) electrons. The summed E-state index contributed by atoms with van der Waals surface area (Å²) in [5.41, 5.74) is 0. The molecule has 0 N–H and O–H groups in total. The van der Waals surface area contributed by atoms with Crippen LogP contribution in [-0.2, 0) is 9.53 Å². The van der Waals surface area contributed by atoms with Crippen LogP contribution in [0.2, 0.25) is 0 Å². The first-order valence-corrected chi connectivity index (χ1v) is 5.59. The van der Waals surface area contributed by atoms with E-state index in [9.17, 15) is 4.79 Å². The first-order chi connectivity index (χ1) is 6.70. The van der Waals surface area contributed by atoms with E-state index in [0.29, 0.717) is 18.7 Å². The van der Waals surface area contributed by atoms with E-state index in [1.165, 1.54) is 0 Å². The van der Waals surface area contributed by atoms with Crippen molar-refractivity contribution in [3.63, 3.8) is 0 Å². The van der Waals surface area contributed by atoms with Crippen molar-refractivity contribution < 1.29 is 9.53 Å². The number of likely N-dealkylation sites (tertiary alicyclic amines) is 1. The normalized spacial score (nSPS) is 26.9. The second-order valence-electron chi connectivity index (χ2n) is 3.93. The summed E-state index contributed by atoms with van der Waals surface area (Å²) in [7, 11) is 0. The molecule has 2 atom stereocenters. The maximum absolute atomic E-state index is 11.8. The molecule has 0 bridgehead atoms. The van der Waals surface area contributed by atoms with Crippen LogP contribution in [0.15, 0.2) is 0 Å². The molecule has 1 aliphatic heterocycles. The van der Waals surface area contributed by atoms with E-state index in [1.54, 1.807) is 0 Å². The number of hydrogen-bond donors (Lipinski definition) is 0. The molecule has 82 valence electrons. The lowest BCUT2D eigenvalue weighted by Crippen LogP contribution is -2.41. The number of ether oxygens (including phenoxy) is 1. The Kier molecular flexibility index (Phi) is 4.39. The largest absolute Gasteiger partial charge is 0.372 e. The molecular formula is C11H21NO2. The molecule has 0 aromatic heterocycles. The number of hydrogen-bond acceptors (Lipinski definition) is 2. The van der Waals surface area contributed by atoms with Gasteiger partial charge in [-0.2, -0.15) is 0 Å². The van der Waals surface area contributed by atoms with Crippen LogP contribution in [0, 0.1) is 0 Å². The summed E-state index contributed by atoms with van der Waals surface area (Å²) < 4.78 is 5.16. The summed E-state index contributed by atoms with van der Waals surface area (Å²) in [4.78, 5) is 13.8. The van der Waals surface area contributed by atoms with E-state index >= 15 is 0 Å². The van der Waals surface area contributed by atoms with E-state index in [4.69, 9.17) is 4.74 Å². The van der Waals surface area contributed by atoms with E-state index in [0.717, 1.165) is 19.3 Å². The van der Waals surface area contributed by atoms with Gasteiger partial charge in [-0.1, -0.05) is 6.92 Å². The first-order valence-electron chi connectivity index (χ1n) is 5.59. The van der Waals surface area contributed by atoms with Crippen molar-refractivity contribution in [2.24, 2.45) is 0 Å². The third kappa shape index (κ3) is 2.47. The lowest BCUT2D eigenvalue weighted by Gasteiger charge is -2.27. The topological polar surface area (TPSA) is 29.5 Å². The zero-order valence-corrected chi connectivity index (χ0v) is 9.45. The van der Waals surface area contributed by atoms with Gasteiger partial charge >= 0.3 is 0 Å². The number of carbonyl (C=O) groups is 1. The van der Waals surface area contributed by atoms with Gasteiger partial charge in [0.1, 0.15) is 6.61 Å². The number of amides is 1. The molecule has 0 aromatic rings. The molecule has 0 aromatic carbocycles. The fraction of sp³-hybridized carbons (Fsp3) is 0.909. The Morgan fingerprint density at radius 2 is 2.14 bits per heavy atom. The quantitative estimate of drug-likeness (QED) is 0.691. The van der Waals surface area contributed by atoms with Gasteiger partial charge in [0.2, 0.25) is 5.91 Å². The summed E-state index contributed by atoms with van der Waals surface area (Å²) in [6, 6.07) is 0.839. The molecule has 14 heavy (non-hydrogen) atoms. The standard InChI is InChI=1S/C11H21NO2/c1-4-10-7-6-9(3)12(10)11(13)8-14-5-2/h9-10H,4-8H2,1-3H3. The Morgan fingerprint density at radius 3 is 2.71 bits per heavy atom. The summed E-state index contributed by atoms with van der Waals surface area (Å²) in [6.07, 6.45) is 3.34. The molecule has 1 amide bonds. The molecule has 1 heterocycles. The van der Waals surface area contributed by atoms with Gasteiger partial charge in [0.05, 0.1) is 0 Å². The molecule has 0 aliphatic carbocycles. The minimum Gasteiger partial charge on any atom is -0.372 e. The highest BCUT2D eigenvalue weighted by molar-refractivity contribution is 5.78. The molecular weight excluding hydrogens is 178 g/mol. The number of nitrogens with zero attached hydrogens (tertiary/aromatic N) is 1. The molecule has 0 saturated carbocycles. The second kappa shape index (κ2) is 5.35. The molecule has 2 unspecified atom stereocenters. The van der Waals surface area contributed by atoms with Gasteiger partial charge in [0, 0.05) is 18.7 Å². The van der Waals surface area contributed by atoms with Crippen LogP contribution in [0.1, 0.15) is 40.0 Å². The molecule has 1 fully saturated rings. The average molecular weight is 199 g/mol. The van der Waals surface area contributed by atoms with Gasteiger partial charge in [-0.05, 0) is 33.1 Å². The predicted molar refractivity (Wildman–Crippen MR) is 56.1 cm³/mol. The highest BCUT2D eigenvalue weighted by Crippen LogP contribution is 2.25. The van der Waals surface area contributed by atoms with Gasteiger partial charge < -0.3 is 9.64 Å². The van der Waals surface area contributed by atoms with Crippen molar-refractivity contribution in [3.05, 3.63) is 0 Å². The maximum Gasteiger partial charge on any atom is 0.249 e. The highest BCUT2D eigenvalue weighted by atomic mass is 16.5. The number of rotatable bonds is 4. The van der Waals surface area contributed by atoms with Crippen LogP contribution in [0.25, 0.3) is 0 Å². The van der Waals surface area contributed by atoms with Gasteiger partial charge in [0.25, 0.3) is 0 Å². The Morgan fingerprint density at radius 1 is 1.43 bits per heavy atom. The molecule has 1 saturated heterocycles. The average Bonchev–Trinajstić information content (AvgIpc) is 2.56.